The second-order valence-electron chi connectivity index (χ2n) is 7.01. The van der Waals surface area contributed by atoms with Crippen LogP contribution in [0.3, 0.4) is 0 Å². The molecule has 0 aromatic rings. The SMILES string of the molecule is CC(C)C[C@H](CN)CC(=O)N1CCN(CC(C)C)CC1. The van der Waals surface area contributed by atoms with Crippen molar-refractivity contribution in [3.8, 4) is 0 Å². The van der Waals surface area contributed by atoms with Crippen LogP contribution in [0.2, 0.25) is 0 Å². The third-order valence-corrected chi connectivity index (χ3v) is 3.95. The van der Waals surface area contributed by atoms with Crippen LogP contribution >= 0.6 is 0 Å². The summed E-state index contributed by atoms with van der Waals surface area (Å²) in [6, 6.07) is 0. The van der Waals surface area contributed by atoms with Gasteiger partial charge in [-0.15, -0.1) is 0 Å². The highest BCUT2D eigenvalue weighted by molar-refractivity contribution is 5.76. The van der Waals surface area contributed by atoms with E-state index in [0.717, 1.165) is 39.1 Å². The Bertz CT molecular complexity index is 283. The zero-order valence-electron chi connectivity index (χ0n) is 13.8. The molecule has 1 aliphatic rings. The van der Waals surface area contributed by atoms with Gasteiger partial charge in [0.05, 0.1) is 0 Å². The van der Waals surface area contributed by atoms with Crippen molar-refractivity contribution in [1.82, 2.24) is 9.80 Å². The average Bonchev–Trinajstić information content (AvgIpc) is 2.37. The van der Waals surface area contributed by atoms with Gasteiger partial charge >= 0.3 is 0 Å². The van der Waals surface area contributed by atoms with Crippen molar-refractivity contribution in [1.29, 1.82) is 0 Å². The van der Waals surface area contributed by atoms with Gasteiger partial charge < -0.3 is 10.6 Å². The second kappa shape index (κ2) is 8.63. The molecule has 0 aromatic carbocycles. The zero-order valence-corrected chi connectivity index (χ0v) is 13.8. The van der Waals surface area contributed by atoms with E-state index in [1.165, 1.54) is 0 Å². The van der Waals surface area contributed by atoms with Crippen molar-refractivity contribution in [2.75, 3.05) is 39.3 Å². The van der Waals surface area contributed by atoms with Gasteiger partial charge in [0.25, 0.3) is 0 Å². The molecule has 1 saturated heterocycles. The highest BCUT2D eigenvalue weighted by atomic mass is 16.2. The van der Waals surface area contributed by atoms with Crippen molar-refractivity contribution < 1.29 is 4.79 Å². The van der Waals surface area contributed by atoms with E-state index in [4.69, 9.17) is 5.73 Å². The van der Waals surface area contributed by atoms with Gasteiger partial charge in [-0.1, -0.05) is 27.7 Å². The van der Waals surface area contributed by atoms with E-state index >= 15 is 0 Å². The van der Waals surface area contributed by atoms with Gasteiger partial charge in [0.1, 0.15) is 0 Å². The molecule has 1 heterocycles. The number of hydrogen-bond acceptors (Lipinski definition) is 3. The maximum Gasteiger partial charge on any atom is 0.222 e. The maximum absolute atomic E-state index is 12.3. The molecule has 0 saturated carbocycles. The summed E-state index contributed by atoms with van der Waals surface area (Å²) >= 11 is 0. The van der Waals surface area contributed by atoms with Crippen LogP contribution in [0.15, 0.2) is 0 Å². The lowest BCUT2D eigenvalue weighted by Gasteiger charge is -2.36. The molecule has 20 heavy (non-hydrogen) atoms. The molecular formula is C16H33N3O. The quantitative estimate of drug-likeness (QED) is 0.775. The summed E-state index contributed by atoms with van der Waals surface area (Å²) in [7, 11) is 0. The molecule has 1 rings (SSSR count). The minimum atomic E-state index is 0.297. The molecule has 2 N–H and O–H groups in total. The number of piperazine rings is 1. The minimum absolute atomic E-state index is 0.297. The Labute approximate surface area is 124 Å². The van der Waals surface area contributed by atoms with Crippen LogP contribution in [-0.4, -0.2) is 55.0 Å². The molecular weight excluding hydrogens is 250 g/mol. The monoisotopic (exact) mass is 283 g/mol. The van der Waals surface area contributed by atoms with Crippen molar-refractivity contribution >= 4 is 5.91 Å². The van der Waals surface area contributed by atoms with E-state index in [1.54, 1.807) is 0 Å². The molecule has 1 fully saturated rings. The van der Waals surface area contributed by atoms with Crippen LogP contribution in [0, 0.1) is 17.8 Å². The molecule has 0 spiro atoms. The normalized spacial score (nSPS) is 18.9. The first-order valence-electron chi connectivity index (χ1n) is 8.12. The average molecular weight is 283 g/mol. The first kappa shape index (κ1) is 17.4. The third kappa shape index (κ3) is 6.23. The Hall–Kier alpha value is -0.610. The van der Waals surface area contributed by atoms with E-state index in [2.05, 4.69) is 32.6 Å². The fourth-order valence-corrected chi connectivity index (χ4v) is 3.00. The van der Waals surface area contributed by atoms with Crippen LogP contribution in [0.25, 0.3) is 0 Å². The molecule has 4 nitrogen and oxygen atoms in total. The second-order valence-corrected chi connectivity index (χ2v) is 7.01. The summed E-state index contributed by atoms with van der Waals surface area (Å²) in [6.45, 7) is 14.4. The molecule has 0 bridgehead atoms. The zero-order chi connectivity index (χ0) is 15.1. The van der Waals surface area contributed by atoms with Crippen LogP contribution in [0.1, 0.15) is 40.5 Å². The number of carbonyl (C=O) groups excluding carboxylic acids is 1. The smallest absolute Gasteiger partial charge is 0.222 e. The summed E-state index contributed by atoms with van der Waals surface area (Å²) in [5.41, 5.74) is 5.80. The molecule has 0 radical (unpaired) electrons. The van der Waals surface area contributed by atoms with E-state index in [9.17, 15) is 4.79 Å². The van der Waals surface area contributed by atoms with Gasteiger partial charge in [-0.2, -0.15) is 0 Å². The van der Waals surface area contributed by atoms with Gasteiger partial charge in [0, 0.05) is 39.1 Å². The Morgan fingerprint density at radius 1 is 1.05 bits per heavy atom. The largest absolute Gasteiger partial charge is 0.340 e. The van der Waals surface area contributed by atoms with Gasteiger partial charge in [0.2, 0.25) is 5.91 Å². The fraction of sp³-hybridized carbons (Fsp3) is 0.938. The Kier molecular flexibility index (Phi) is 7.52. The summed E-state index contributed by atoms with van der Waals surface area (Å²) in [6.07, 6.45) is 1.68. The topological polar surface area (TPSA) is 49.6 Å². The first-order chi connectivity index (χ1) is 9.42. The molecule has 4 heteroatoms. The van der Waals surface area contributed by atoms with Crippen molar-refractivity contribution in [3.63, 3.8) is 0 Å². The van der Waals surface area contributed by atoms with Gasteiger partial charge in [-0.3, -0.25) is 9.69 Å². The summed E-state index contributed by atoms with van der Waals surface area (Å²) in [4.78, 5) is 16.8. The molecule has 1 amide bonds. The molecule has 1 atom stereocenters. The number of nitrogens with zero attached hydrogens (tertiary/aromatic N) is 2. The van der Waals surface area contributed by atoms with E-state index in [-0.39, 0.29) is 0 Å². The van der Waals surface area contributed by atoms with Crippen LogP contribution in [0.5, 0.6) is 0 Å². The van der Waals surface area contributed by atoms with Crippen molar-refractivity contribution in [2.24, 2.45) is 23.5 Å². The van der Waals surface area contributed by atoms with E-state index < -0.39 is 0 Å². The Balaban J connectivity index is 2.34. The van der Waals surface area contributed by atoms with Gasteiger partial charge in [-0.05, 0) is 30.7 Å². The molecule has 0 unspecified atom stereocenters. The highest BCUT2D eigenvalue weighted by Crippen LogP contribution is 2.16. The number of hydrogen-bond donors (Lipinski definition) is 1. The van der Waals surface area contributed by atoms with E-state index in [1.807, 2.05) is 4.90 Å². The van der Waals surface area contributed by atoms with Crippen molar-refractivity contribution in [2.45, 2.75) is 40.5 Å². The molecule has 1 aliphatic heterocycles. The standard InChI is InChI=1S/C16H33N3O/c1-13(2)9-15(11-17)10-16(20)19-7-5-18(6-8-19)12-14(3)4/h13-15H,5-12,17H2,1-4H3/t15-/m0/s1. The summed E-state index contributed by atoms with van der Waals surface area (Å²) < 4.78 is 0. The molecule has 0 aromatic heterocycles. The van der Waals surface area contributed by atoms with Gasteiger partial charge in [-0.25, -0.2) is 0 Å². The molecule has 0 aliphatic carbocycles. The first-order valence-corrected chi connectivity index (χ1v) is 8.12. The predicted molar refractivity (Wildman–Crippen MR) is 84.5 cm³/mol. The minimum Gasteiger partial charge on any atom is -0.340 e. The summed E-state index contributed by atoms with van der Waals surface area (Å²) in [5.74, 6) is 1.95. The number of carbonyl (C=O) groups is 1. The van der Waals surface area contributed by atoms with Crippen LogP contribution in [0.4, 0.5) is 0 Å². The maximum atomic E-state index is 12.3. The Morgan fingerprint density at radius 3 is 2.10 bits per heavy atom. The lowest BCUT2D eigenvalue weighted by Crippen LogP contribution is -2.49. The fourth-order valence-electron chi connectivity index (χ4n) is 3.00. The highest BCUT2D eigenvalue weighted by Gasteiger charge is 2.23. The van der Waals surface area contributed by atoms with Gasteiger partial charge in [0.15, 0.2) is 0 Å². The van der Waals surface area contributed by atoms with Crippen LogP contribution in [-0.2, 0) is 4.79 Å². The lowest BCUT2D eigenvalue weighted by atomic mass is 9.93. The van der Waals surface area contributed by atoms with Crippen molar-refractivity contribution in [3.05, 3.63) is 0 Å². The number of nitrogens with two attached hydrogens (primary N) is 1. The van der Waals surface area contributed by atoms with E-state index in [0.29, 0.717) is 36.6 Å². The summed E-state index contributed by atoms with van der Waals surface area (Å²) in [5, 5.41) is 0. The molecule has 118 valence electrons. The third-order valence-electron chi connectivity index (χ3n) is 3.95. The van der Waals surface area contributed by atoms with Crippen LogP contribution < -0.4 is 5.73 Å². The number of rotatable bonds is 7. The number of amides is 1. The Morgan fingerprint density at radius 2 is 1.65 bits per heavy atom. The predicted octanol–water partition coefficient (Wildman–Crippen LogP) is 1.80. The lowest BCUT2D eigenvalue weighted by molar-refractivity contribution is -0.134.